The van der Waals surface area contributed by atoms with Gasteiger partial charge in [-0.25, -0.2) is 0 Å². The largest absolute Gasteiger partial charge is 0.490 e. The van der Waals surface area contributed by atoms with Crippen molar-refractivity contribution in [2.75, 3.05) is 13.2 Å². The lowest BCUT2D eigenvalue weighted by atomic mass is 10.1. The first-order valence-corrected chi connectivity index (χ1v) is 7.23. The van der Waals surface area contributed by atoms with Gasteiger partial charge in [-0.05, 0) is 31.5 Å². The molecule has 0 fully saturated rings. The lowest BCUT2D eigenvalue weighted by Gasteiger charge is -2.16. The van der Waals surface area contributed by atoms with Crippen LogP contribution >= 0.6 is 0 Å². The molecular formula is C15H18N4O3. The second-order valence-electron chi connectivity index (χ2n) is 5.21. The lowest BCUT2D eigenvalue weighted by Crippen LogP contribution is -2.27. The van der Waals surface area contributed by atoms with Gasteiger partial charge in [0.25, 0.3) is 5.91 Å². The first-order valence-electron chi connectivity index (χ1n) is 7.23. The fraction of sp³-hybridized carbons (Fsp3) is 0.400. The van der Waals surface area contributed by atoms with E-state index in [1.54, 1.807) is 6.92 Å². The Labute approximate surface area is 128 Å². The van der Waals surface area contributed by atoms with Gasteiger partial charge in [-0.2, -0.15) is 15.4 Å². The van der Waals surface area contributed by atoms with Crippen LogP contribution in [0, 0.1) is 6.92 Å². The molecule has 0 aliphatic carbocycles. The molecule has 2 heterocycles. The first kappa shape index (κ1) is 14.4. The standard InChI is InChI=1S/C15H18N4O3/c1-9(16-15(20)14-10(2)17-19-18-14)11-4-5-12-13(8-11)22-7-3-6-21-12/h4-5,8-9H,3,6-7H2,1-2H3,(H,16,20)(H,17,18,19)/t9-/m0/s1. The van der Waals surface area contributed by atoms with Gasteiger partial charge in [-0.3, -0.25) is 4.79 Å². The number of carbonyl (C=O) groups is 1. The molecule has 7 heteroatoms. The Morgan fingerprint density at radius 2 is 2.05 bits per heavy atom. The molecule has 1 aromatic carbocycles. The third kappa shape index (κ3) is 2.88. The van der Waals surface area contributed by atoms with Crippen LogP contribution in [0.1, 0.15) is 41.1 Å². The molecule has 3 rings (SSSR count). The zero-order valence-electron chi connectivity index (χ0n) is 12.5. The summed E-state index contributed by atoms with van der Waals surface area (Å²) >= 11 is 0. The number of nitrogens with zero attached hydrogens (tertiary/aromatic N) is 2. The van der Waals surface area contributed by atoms with Crippen molar-refractivity contribution in [3.05, 3.63) is 35.2 Å². The maximum absolute atomic E-state index is 12.2. The van der Waals surface area contributed by atoms with Crippen LogP contribution in [0.4, 0.5) is 0 Å². The molecule has 0 saturated heterocycles. The first-order chi connectivity index (χ1) is 10.6. The SMILES string of the molecule is Cc1n[nH]nc1C(=O)N[C@@H](C)c1ccc2c(c1)OCCCO2. The van der Waals surface area contributed by atoms with Gasteiger partial charge >= 0.3 is 0 Å². The van der Waals surface area contributed by atoms with E-state index in [0.717, 1.165) is 17.7 Å². The summed E-state index contributed by atoms with van der Waals surface area (Å²) in [6.07, 6.45) is 0.863. The zero-order valence-corrected chi connectivity index (χ0v) is 12.5. The number of aromatic nitrogens is 3. The average molecular weight is 302 g/mol. The van der Waals surface area contributed by atoms with Crippen LogP contribution in [0.3, 0.4) is 0 Å². The van der Waals surface area contributed by atoms with Gasteiger partial charge in [-0.15, -0.1) is 0 Å². The quantitative estimate of drug-likeness (QED) is 0.902. The molecule has 0 radical (unpaired) electrons. The Balaban J connectivity index is 1.75. The number of ether oxygens (including phenoxy) is 2. The smallest absolute Gasteiger partial charge is 0.274 e. The van der Waals surface area contributed by atoms with Gasteiger partial charge in [0, 0.05) is 6.42 Å². The summed E-state index contributed by atoms with van der Waals surface area (Å²) in [6.45, 7) is 4.93. The van der Waals surface area contributed by atoms with Crippen LogP contribution < -0.4 is 14.8 Å². The second-order valence-corrected chi connectivity index (χ2v) is 5.21. The molecule has 1 amide bonds. The highest BCUT2D eigenvalue weighted by atomic mass is 16.5. The third-order valence-electron chi connectivity index (χ3n) is 3.56. The Morgan fingerprint density at radius 3 is 2.77 bits per heavy atom. The van der Waals surface area contributed by atoms with Crippen LogP contribution in [0.25, 0.3) is 0 Å². The van der Waals surface area contributed by atoms with E-state index in [0.29, 0.717) is 30.4 Å². The normalized spacial score (nSPS) is 15.0. The number of carbonyl (C=O) groups excluding carboxylic acids is 1. The number of hydrogen-bond acceptors (Lipinski definition) is 5. The lowest BCUT2D eigenvalue weighted by molar-refractivity contribution is 0.0934. The number of aryl methyl sites for hydroxylation is 1. The molecule has 2 aromatic rings. The molecule has 0 saturated carbocycles. The zero-order chi connectivity index (χ0) is 15.5. The number of benzene rings is 1. The van der Waals surface area contributed by atoms with E-state index in [9.17, 15) is 4.79 Å². The van der Waals surface area contributed by atoms with Crippen LogP contribution in [0.15, 0.2) is 18.2 Å². The molecule has 22 heavy (non-hydrogen) atoms. The third-order valence-corrected chi connectivity index (χ3v) is 3.56. The Hall–Kier alpha value is -2.57. The van der Waals surface area contributed by atoms with Crippen molar-refractivity contribution in [2.45, 2.75) is 26.3 Å². The molecular weight excluding hydrogens is 284 g/mol. The molecule has 1 atom stereocenters. The predicted octanol–water partition coefficient (Wildman–Crippen LogP) is 1.77. The van der Waals surface area contributed by atoms with E-state index < -0.39 is 0 Å². The number of nitrogens with one attached hydrogen (secondary N) is 2. The van der Waals surface area contributed by atoms with Crippen molar-refractivity contribution >= 4 is 5.91 Å². The molecule has 1 aliphatic heterocycles. The molecule has 7 nitrogen and oxygen atoms in total. The Kier molecular flexibility index (Phi) is 3.95. The van der Waals surface area contributed by atoms with Gasteiger partial charge in [0.15, 0.2) is 17.2 Å². The summed E-state index contributed by atoms with van der Waals surface area (Å²) in [5, 5.41) is 13.1. The van der Waals surface area contributed by atoms with E-state index in [4.69, 9.17) is 9.47 Å². The fourth-order valence-corrected chi connectivity index (χ4v) is 2.30. The maximum atomic E-state index is 12.2. The maximum Gasteiger partial charge on any atom is 0.274 e. The van der Waals surface area contributed by atoms with E-state index in [2.05, 4.69) is 20.7 Å². The van der Waals surface area contributed by atoms with Gasteiger partial charge in [0.1, 0.15) is 0 Å². The minimum absolute atomic E-state index is 0.180. The molecule has 0 bridgehead atoms. The molecule has 1 aromatic heterocycles. The molecule has 0 spiro atoms. The summed E-state index contributed by atoms with van der Waals surface area (Å²) < 4.78 is 11.3. The van der Waals surface area contributed by atoms with Gasteiger partial charge in [0.2, 0.25) is 0 Å². The van der Waals surface area contributed by atoms with Crippen molar-refractivity contribution < 1.29 is 14.3 Å². The van der Waals surface area contributed by atoms with Crippen LogP contribution in [-0.2, 0) is 0 Å². The monoisotopic (exact) mass is 302 g/mol. The number of aromatic amines is 1. The van der Waals surface area contributed by atoms with E-state index >= 15 is 0 Å². The highest BCUT2D eigenvalue weighted by molar-refractivity contribution is 5.93. The summed E-state index contributed by atoms with van der Waals surface area (Å²) in [6, 6.07) is 5.52. The summed E-state index contributed by atoms with van der Waals surface area (Å²) in [4.78, 5) is 12.2. The van der Waals surface area contributed by atoms with Crippen LogP contribution in [0.5, 0.6) is 11.5 Å². The summed E-state index contributed by atoms with van der Waals surface area (Å²) in [7, 11) is 0. The van der Waals surface area contributed by atoms with E-state index in [1.165, 1.54) is 0 Å². The molecule has 2 N–H and O–H groups in total. The number of rotatable bonds is 3. The van der Waals surface area contributed by atoms with Crippen molar-refractivity contribution in [2.24, 2.45) is 0 Å². The minimum Gasteiger partial charge on any atom is -0.490 e. The summed E-state index contributed by atoms with van der Waals surface area (Å²) in [5.74, 6) is 1.20. The number of fused-ring (bicyclic) bond motifs is 1. The van der Waals surface area contributed by atoms with Crippen molar-refractivity contribution in [1.82, 2.24) is 20.7 Å². The van der Waals surface area contributed by atoms with Crippen molar-refractivity contribution in [3.63, 3.8) is 0 Å². The number of hydrogen-bond donors (Lipinski definition) is 2. The Bertz CT molecular complexity index is 683. The molecule has 1 aliphatic rings. The van der Waals surface area contributed by atoms with Crippen LogP contribution in [-0.4, -0.2) is 34.5 Å². The average Bonchev–Trinajstić information content (AvgIpc) is 2.80. The highest BCUT2D eigenvalue weighted by Crippen LogP contribution is 2.32. The number of H-pyrrole nitrogens is 1. The highest BCUT2D eigenvalue weighted by Gasteiger charge is 2.18. The second kappa shape index (κ2) is 6.05. The van der Waals surface area contributed by atoms with Gasteiger partial charge in [-0.1, -0.05) is 6.07 Å². The minimum atomic E-state index is -0.258. The van der Waals surface area contributed by atoms with E-state index in [1.807, 2.05) is 25.1 Å². The Morgan fingerprint density at radius 1 is 1.27 bits per heavy atom. The van der Waals surface area contributed by atoms with Gasteiger partial charge < -0.3 is 14.8 Å². The van der Waals surface area contributed by atoms with Crippen LogP contribution in [0.2, 0.25) is 0 Å². The molecule has 116 valence electrons. The van der Waals surface area contributed by atoms with Crippen molar-refractivity contribution in [1.29, 1.82) is 0 Å². The van der Waals surface area contributed by atoms with E-state index in [-0.39, 0.29) is 11.9 Å². The fourth-order valence-electron chi connectivity index (χ4n) is 2.30. The topological polar surface area (TPSA) is 89.1 Å². The molecule has 0 unspecified atom stereocenters. The van der Waals surface area contributed by atoms with Crippen molar-refractivity contribution in [3.8, 4) is 11.5 Å². The number of amides is 1. The van der Waals surface area contributed by atoms with Gasteiger partial charge in [0.05, 0.1) is 24.9 Å². The summed E-state index contributed by atoms with van der Waals surface area (Å²) in [5.41, 5.74) is 1.82. The predicted molar refractivity (Wildman–Crippen MR) is 79.0 cm³/mol.